The molecular formula is C32H53BrLi2O. The van der Waals surface area contributed by atoms with Gasteiger partial charge in [0.15, 0.2) is 0 Å². The minimum absolute atomic E-state index is 0. The first-order chi connectivity index (χ1) is 15.9. The van der Waals surface area contributed by atoms with Gasteiger partial charge < -0.3 is 21.7 Å². The molecule has 0 atom stereocenters. The van der Waals surface area contributed by atoms with E-state index in [-0.39, 0.29) is 54.7 Å². The Kier molecular flexibility index (Phi) is 15.4. The van der Waals surface area contributed by atoms with Crippen LogP contribution in [0, 0.1) is 6.07 Å². The Hall–Kier alpha value is 0.855. The molecule has 0 amide bonds. The quantitative estimate of drug-likeness (QED) is 0.337. The molecule has 0 aromatic heterocycles. The Balaban J connectivity index is 0.00000137. The molecule has 1 aromatic carbocycles. The van der Waals surface area contributed by atoms with E-state index in [1.165, 1.54) is 77.0 Å². The summed E-state index contributed by atoms with van der Waals surface area (Å²) < 4.78 is 4.94. The molecule has 1 saturated heterocycles. The molecule has 3 aliphatic rings. The Morgan fingerprint density at radius 2 is 0.889 bits per heavy atom. The van der Waals surface area contributed by atoms with E-state index in [9.17, 15) is 0 Å². The standard InChI is InChI=1S/C28H45.C4H8O.BrH.2Li/c1-9-25(10-2)19-26(11-3,12-4)22-18-24-23(17-21(22)25)27(13-5,14-6)20-28(24,15-7)16-8;1-2-4-5-3-1;;;/h17H,9-16,19-20H2,1-8H3;1-4H2;1H;;/q-1;;;2*+1/p-1. The molecular weight excluding hydrogens is 494 g/mol. The average Bonchev–Trinajstić information content (AvgIpc) is 3.60. The Morgan fingerprint density at radius 3 is 1.11 bits per heavy atom. The van der Waals surface area contributed by atoms with Gasteiger partial charge in [-0.25, -0.2) is 0 Å². The number of hydrogen-bond donors (Lipinski definition) is 0. The zero-order chi connectivity index (χ0) is 24.3. The first-order valence-corrected chi connectivity index (χ1v) is 14.6. The van der Waals surface area contributed by atoms with Gasteiger partial charge in [-0.15, -0.1) is 11.1 Å². The molecule has 1 nitrogen and oxygen atoms in total. The molecule has 196 valence electrons. The summed E-state index contributed by atoms with van der Waals surface area (Å²) in [6.07, 6.45) is 15.3. The third-order valence-electron chi connectivity index (χ3n) is 10.9. The van der Waals surface area contributed by atoms with E-state index in [0.29, 0.717) is 21.7 Å². The summed E-state index contributed by atoms with van der Waals surface area (Å²) in [6, 6.07) is 6.98. The molecule has 0 spiro atoms. The van der Waals surface area contributed by atoms with Crippen LogP contribution in [0.2, 0.25) is 0 Å². The third-order valence-corrected chi connectivity index (χ3v) is 10.9. The molecule has 2 aliphatic carbocycles. The van der Waals surface area contributed by atoms with Gasteiger partial charge in [-0.1, -0.05) is 81.1 Å². The largest absolute Gasteiger partial charge is 1.00 e. The van der Waals surface area contributed by atoms with Gasteiger partial charge in [0.1, 0.15) is 0 Å². The monoisotopic (exact) mass is 546 g/mol. The Labute approximate surface area is 259 Å². The number of rotatable bonds is 8. The van der Waals surface area contributed by atoms with Gasteiger partial charge in [-0.2, -0.15) is 23.3 Å². The second-order valence-corrected chi connectivity index (χ2v) is 11.5. The van der Waals surface area contributed by atoms with E-state index in [4.69, 9.17) is 4.74 Å². The van der Waals surface area contributed by atoms with Crippen LogP contribution in [0.3, 0.4) is 0 Å². The molecule has 4 rings (SSSR count). The zero-order valence-electron chi connectivity index (χ0n) is 25.8. The normalized spacial score (nSPS) is 21.1. The first-order valence-electron chi connectivity index (χ1n) is 14.6. The Bertz CT molecular complexity index is 662. The maximum atomic E-state index is 4.94. The van der Waals surface area contributed by atoms with Crippen molar-refractivity contribution in [2.75, 3.05) is 13.2 Å². The smallest absolute Gasteiger partial charge is 1.00 e. The van der Waals surface area contributed by atoms with E-state index in [2.05, 4.69) is 67.5 Å². The van der Waals surface area contributed by atoms with Crippen molar-refractivity contribution in [2.45, 2.75) is 154 Å². The molecule has 0 saturated carbocycles. The second kappa shape index (κ2) is 15.0. The molecule has 36 heavy (non-hydrogen) atoms. The van der Waals surface area contributed by atoms with Gasteiger partial charge in [-0.05, 0) is 73.0 Å². The molecule has 1 heterocycles. The van der Waals surface area contributed by atoms with E-state index < -0.39 is 0 Å². The molecule has 0 radical (unpaired) electrons. The van der Waals surface area contributed by atoms with Crippen LogP contribution >= 0.6 is 0 Å². The molecule has 0 bridgehead atoms. The van der Waals surface area contributed by atoms with E-state index in [1.54, 1.807) is 22.3 Å². The van der Waals surface area contributed by atoms with Crippen LogP contribution in [-0.2, 0) is 26.4 Å². The summed E-state index contributed by atoms with van der Waals surface area (Å²) in [6.45, 7) is 21.4. The van der Waals surface area contributed by atoms with Crippen molar-refractivity contribution in [3.8, 4) is 0 Å². The molecule has 1 aliphatic heterocycles. The van der Waals surface area contributed by atoms with Crippen LogP contribution in [0.15, 0.2) is 6.07 Å². The average molecular weight is 548 g/mol. The van der Waals surface area contributed by atoms with Crippen LogP contribution in [0.5, 0.6) is 0 Å². The fourth-order valence-corrected chi connectivity index (χ4v) is 7.86. The fraction of sp³-hybridized carbons (Fsp3) is 0.812. The van der Waals surface area contributed by atoms with Crippen LogP contribution in [0.4, 0.5) is 0 Å². The fourth-order valence-electron chi connectivity index (χ4n) is 7.86. The van der Waals surface area contributed by atoms with E-state index in [0.717, 1.165) is 13.2 Å². The first kappa shape index (κ1) is 36.9. The SMILES string of the molecule is C1CCOC1.CCC1(CC)CC(CC)(CC)c2cc3c([c-]c21)C(CC)(CC)CC3(CC)CC.[Br-].[Li+].[Li+]. The Morgan fingerprint density at radius 1 is 0.583 bits per heavy atom. The van der Waals surface area contributed by atoms with Crippen molar-refractivity contribution >= 4 is 0 Å². The number of benzene rings is 1. The van der Waals surface area contributed by atoms with Gasteiger partial charge in [0.2, 0.25) is 0 Å². The van der Waals surface area contributed by atoms with Crippen molar-refractivity contribution in [2.24, 2.45) is 0 Å². The van der Waals surface area contributed by atoms with Gasteiger partial charge in [0.05, 0.1) is 0 Å². The van der Waals surface area contributed by atoms with Crippen molar-refractivity contribution in [3.63, 3.8) is 0 Å². The van der Waals surface area contributed by atoms with E-state index in [1.807, 2.05) is 0 Å². The van der Waals surface area contributed by atoms with Crippen molar-refractivity contribution in [3.05, 3.63) is 34.4 Å². The van der Waals surface area contributed by atoms with Crippen LogP contribution in [0.25, 0.3) is 0 Å². The topological polar surface area (TPSA) is 9.23 Å². The summed E-state index contributed by atoms with van der Waals surface area (Å²) in [5.74, 6) is 0. The van der Waals surface area contributed by atoms with Gasteiger partial charge in [0.25, 0.3) is 0 Å². The predicted molar refractivity (Wildman–Crippen MR) is 144 cm³/mol. The number of hydrogen-bond acceptors (Lipinski definition) is 1. The minimum Gasteiger partial charge on any atom is -1.00 e. The number of halogens is 1. The molecule has 4 heteroatoms. The molecule has 0 unspecified atom stereocenters. The van der Waals surface area contributed by atoms with Gasteiger partial charge in [0, 0.05) is 13.2 Å². The second-order valence-electron chi connectivity index (χ2n) is 11.5. The van der Waals surface area contributed by atoms with Crippen LogP contribution < -0.4 is 54.7 Å². The predicted octanol–water partition coefficient (Wildman–Crippen LogP) is 0.334. The zero-order valence-corrected chi connectivity index (χ0v) is 27.3. The van der Waals surface area contributed by atoms with Gasteiger partial charge >= 0.3 is 37.7 Å². The maximum absolute atomic E-state index is 4.94. The number of ether oxygens (including phenoxy) is 1. The van der Waals surface area contributed by atoms with Gasteiger partial charge in [-0.3, -0.25) is 0 Å². The maximum Gasteiger partial charge on any atom is 1.00 e. The van der Waals surface area contributed by atoms with Crippen LogP contribution in [0.1, 0.15) is 155 Å². The summed E-state index contributed by atoms with van der Waals surface area (Å²) in [5, 5.41) is 0. The van der Waals surface area contributed by atoms with Crippen molar-refractivity contribution in [1.82, 2.24) is 0 Å². The van der Waals surface area contributed by atoms with Crippen LogP contribution in [-0.4, -0.2) is 13.2 Å². The van der Waals surface area contributed by atoms with E-state index >= 15 is 0 Å². The number of fused-ring (bicyclic) bond motifs is 2. The summed E-state index contributed by atoms with van der Waals surface area (Å²) >= 11 is 0. The summed E-state index contributed by atoms with van der Waals surface area (Å²) in [4.78, 5) is 0. The summed E-state index contributed by atoms with van der Waals surface area (Å²) in [5.41, 5.74) is 8.03. The molecule has 1 fully saturated rings. The molecule has 0 N–H and O–H groups in total. The molecule has 1 aromatic rings. The minimum atomic E-state index is 0. The third kappa shape index (κ3) is 5.96. The summed E-state index contributed by atoms with van der Waals surface area (Å²) in [7, 11) is 0. The van der Waals surface area contributed by atoms with Crippen molar-refractivity contribution in [1.29, 1.82) is 0 Å². The van der Waals surface area contributed by atoms with Crippen molar-refractivity contribution < 1.29 is 59.4 Å².